The lowest BCUT2D eigenvalue weighted by molar-refractivity contribution is 0.103. The lowest BCUT2D eigenvalue weighted by Gasteiger charge is -1.98. The summed E-state index contributed by atoms with van der Waals surface area (Å²) < 4.78 is 13.7. The minimum Gasteiger partial charge on any atom is -0.290 e. The second-order valence-electron chi connectivity index (χ2n) is 3.67. The number of carbonyl (C=O) groups excluding carboxylic acids is 1. The molecule has 2 N–H and O–H groups in total. The molecule has 0 fully saturated rings. The van der Waals surface area contributed by atoms with Gasteiger partial charge in [-0.2, -0.15) is 10.1 Å². The lowest BCUT2D eigenvalue weighted by Crippen LogP contribution is -2.11. The molecule has 0 unspecified atom stereocenters. The first-order valence-corrected chi connectivity index (χ1v) is 6.39. The summed E-state index contributed by atoms with van der Waals surface area (Å²) in [6.07, 6.45) is 1.28. The average molecular weight is 297 g/mol. The molecule has 3 rings (SSSR count). The summed E-state index contributed by atoms with van der Waals surface area (Å²) in [7, 11) is 0. The third-order valence-electron chi connectivity index (χ3n) is 2.44. The molecule has 1 amide bonds. The van der Waals surface area contributed by atoms with Crippen molar-refractivity contribution in [1.82, 2.24) is 15.2 Å². The van der Waals surface area contributed by atoms with E-state index in [-0.39, 0.29) is 11.8 Å². The summed E-state index contributed by atoms with van der Waals surface area (Å²) >= 11 is 7.25. The van der Waals surface area contributed by atoms with Crippen molar-refractivity contribution in [2.24, 2.45) is 0 Å². The van der Waals surface area contributed by atoms with Crippen LogP contribution in [0, 0.1) is 5.82 Å². The van der Waals surface area contributed by atoms with Crippen molar-refractivity contribution in [2.75, 3.05) is 5.32 Å². The summed E-state index contributed by atoms with van der Waals surface area (Å²) in [5.41, 5.74) is 0. The Morgan fingerprint density at radius 2 is 2.32 bits per heavy atom. The number of thiophene rings is 1. The van der Waals surface area contributed by atoms with Gasteiger partial charge in [0.25, 0.3) is 5.91 Å². The molecule has 2 aromatic heterocycles. The Bertz CT molecular complexity index is 755. The SMILES string of the molecule is O=C(Nc1ncn[nH]1)c1sc2cc(F)ccc2c1Cl. The van der Waals surface area contributed by atoms with E-state index < -0.39 is 5.91 Å². The number of aromatic amines is 1. The van der Waals surface area contributed by atoms with E-state index in [1.165, 1.54) is 18.5 Å². The summed E-state index contributed by atoms with van der Waals surface area (Å²) in [6.45, 7) is 0. The number of aromatic nitrogens is 3. The zero-order valence-electron chi connectivity index (χ0n) is 9.28. The molecule has 0 saturated carbocycles. The molecule has 0 aliphatic rings. The molecule has 0 spiro atoms. The van der Waals surface area contributed by atoms with Crippen LogP contribution in [0.1, 0.15) is 9.67 Å². The monoisotopic (exact) mass is 296 g/mol. The fourth-order valence-corrected chi connectivity index (χ4v) is 3.05. The first kappa shape index (κ1) is 12.1. The van der Waals surface area contributed by atoms with Gasteiger partial charge in [0.2, 0.25) is 5.95 Å². The quantitative estimate of drug-likeness (QED) is 0.763. The molecule has 3 aromatic rings. The average Bonchev–Trinajstić information content (AvgIpc) is 2.97. The van der Waals surface area contributed by atoms with Gasteiger partial charge in [-0.1, -0.05) is 11.6 Å². The van der Waals surface area contributed by atoms with Crippen molar-refractivity contribution in [3.05, 3.63) is 40.2 Å². The van der Waals surface area contributed by atoms with Crippen LogP contribution in [0.3, 0.4) is 0 Å². The van der Waals surface area contributed by atoms with Crippen molar-refractivity contribution < 1.29 is 9.18 Å². The first-order chi connectivity index (χ1) is 9.15. The van der Waals surface area contributed by atoms with Gasteiger partial charge in [0.05, 0.1) is 5.02 Å². The van der Waals surface area contributed by atoms with Crippen LogP contribution in [-0.4, -0.2) is 21.1 Å². The number of anilines is 1. The Kier molecular flexibility index (Phi) is 2.92. The van der Waals surface area contributed by atoms with Gasteiger partial charge in [0.15, 0.2) is 0 Å². The Labute approximate surface area is 115 Å². The molecule has 5 nitrogen and oxygen atoms in total. The van der Waals surface area contributed by atoms with Gasteiger partial charge < -0.3 is 0 Å². The fraction of sp³-hybridized carbons (Fsp3) is 0. The molecule has 0 aliphatic carbocycles. The Balaban J connectivity index is 2.00. The van der Waals surface area contributed by atoms with E-state index in [2.05, 4.69) is 20.5 Å². The van der Waals surface area contributed by atoms with Gasteiger partial charge in [-0.25, -0.2) is 9.49 Å². The molecule has 1 aromatic carbocycles. The van der Waals surface area contributed by atoms with E-state index in [1.807, 2.05) is 0 Å². The molecule has 0 bridgehead atoms. The molecular formula is C11H6ClFN4OS. The van der Waals surface area contributed by atoms with Gasteiger partial charge in [-0.15, -0.1) is 11.3 Å². The number of H-pyrrole nitrogens is 1. The highest BCUT2D eigenvalue weighted by Crippen LogP contribution is 2.35. The van der Waals surface area contributed by atoms with Gasteiger partial charge in [-0.05, 0) is 18.2 Å². The van der Waals surface area contributed by atoms with Gasteiger partial charge in [-0.3, -0.25) is 10.1 Å². The van der Waals surface area contributed by atoms with E-state index in [0.29, 0.717) is 20.0 Å². The standard InChI is InChI=1S/C11H6ClFN4OS/c12-8-6-2-1-5(13)3-7(6)19-9(8)10(18)16-11-14-4-15-17-11/h1-4H,(H2,14,15,16,17,18). The van der Waals surface area contributed by atoms with Crippen LogP contribution in [0.2, 0.25) is 5.02 Å². The lowest BCUT2D eigenvalue weighted by atomic mass is 10.2. The third kappa shape index (κ3) is 2.18. The minimum atomic E-state index is -0.414. The zero-order valence-corrected chi connectivity index (χ0v) is 10.8. The summed E-state index contributed by atoms with van der Waals surface area (Å²) in [5, 5.41) is 9.59. The number of nitrogens with one attached hydrogen (secondary N) is 2. The maximum Gasteiger partial charge on any atom is 0.269 e. The third-order valence-corrected chi connectivity index (χ3v) is 4.10. The highest BCUT2D eigenvalue weighted by molar-refractivity contribution is 7.21. The van der Waals surface area contributed by atoms with Crippen LogP contribution in [-0.2, 0) is 0 Å². The molecule has 2 heterocycles. The van der Waals surface area contributed by atoms with Crippen molar-refractivity contribution in [3.8, 4) is 0 Å². The second kappa shape index (κ2) is 4.60. The van der Waals surface area contributed by atoms with Crippen LogP contribution in [0.25, 0.3) is 10.1 Å². The Hall–Kier alpha value is -1.99. The van der Waals surface area contributed by atoms with Gasteiger partial charge in [0, 0.05) is 10.1 Å². The van der Waals surface area contributed by atoms with Crippen molar-refractivity contribution in [1.29, 1.82) is 0 Å². The fourth-order valence-electron chi connectivity index (χ4n) is 1.62. The number of carbonyl (C=O) groups is 1. The topological polar surface area (TPSA) is 70.7 Å². The number of hydrogen-bond acceptors (Lipinski definition) is 4. The predicted octanol–water partition coefficient (Wildman–Crippen LogP) is 3.06. The number of fused-ring (bicyclic) bond motifs is 1. The van der Waals surface area contributed by atoms with E-state index in [4.69, 9.17) is 11.6 Å². The normalized spacial score (nSPS) is 10.8. The molecule has 19 heavy (non-hydrogen) atoms. The molecule has 0 radical (unpaired) electrons. The van der Waals surface area contributed by atoms with Crippen molar-refractivity contribution in [2.45, 2.75) is 0 Å². The van der Waals surface area contributed by atoms with E-state index in [1.54, 1.807) is 6.07 Å². The van der Waals surface area contributed by atoms with Crippen molar-refractivity contribution in [3.63, 3.8) is 0 Å². The van der Waals surface area contributed by atoms with E-state index >= 15 is 0 Å². The number of nitrogens with zero attached hydrogens (tertiary/aromatic N) is 2. The van der Waals surface area contributed by atoms with E-state index in [0.717, 1.165) is 11.3 Å². The summed E-state index contributed by atoms with van der Waals surface area (Å²) in [4.78, 5) is 16.1. The van der Waals surface area contributed by atoms with Crippen molar-refractivity contribution >= 4 is 44.9 Å². The van der Waals surface area contributed by atoms with Crippen LogP contribution in [0.5, 0.6) is 0 Å². The molecule has 8 heteroatoms. The van der Waals surface area contributed by atoms with Crippen LogP contribution in [0.4, 0.5) is 10.3 Å². The zero-order chi connectivity index (χ0) is 13.4. The maximum absolute atomic E-state index is 13.1. The smallest absolute Gasteiger partial charge is 0.269 e. The summed E-state index contributed by atoms with van der Waals surface area (Å²) in [5.74, 6) is -0.555. The number of halogens is 2. The molecule has 0 atom stereocenters. The molecule has 0 aliphatic heterocycles. The maximum atomic E-state index is 13.1. The molecule has 0 saturated heterocycles. The number of hydrogen-bond donors (Lipinski definition) is 2. The summed E-state index contributed by atoms with van der Waals surface area (Å²) in [6, 6.07) is 4.20. The molecular weight excluding hydrogens is 291 g/mol. The Morgan fingerprint density at radius 1 is 1.47 bits per heavy atom. The minimum absolute atomic E-state index is 0.227. The highest BCUT2D eigenvalue weighted by atomic mass is 35.5. The van der Waals surface area contributed by atoms with Gasteiger partial charge >= 0.3 is 0 Å². The van der Waals surface area contributed by atoms with Crippen LogP contribution >= 0.6 is 22.9 Å². The Morgan fingerprint density at radius 3 is 3.05 bits per heavy atom. The first-order valence-electron chi connectivity index (χ1n) is 5.19. The van der Waals surface area contributed by atoms with Crippen LogP contribution < -0.4 is 5.32 Å². The van der Waals surface area contributed by atoms with Crippen LogP contribution in [0.15, 0.2) is 24.5 Å². The second-order valence-corrected chi connectivity index (χ2v) is 5.10. The molecule has 96 valence electrons. The number of benzene rings is 1. The number of amides is 1. The highest BCUT2D eigenvalue weighted by Gasteiger charge is 2.18. The largest absolute Gasteiger partial charge is 0.290 e. The van der Waals surface area contributed by atoms with E-state index in [9.17, 15) is 9.18 Å². The predicted molar refractivity (Wildman–Crippen MR) is 71.1 cm³/mol. The van der Waals surface area contributed by atoms with Gasteiger partial charge in [0.1, 0.15) is 17.0 Å². The number of rotatable bonds is 2.